The molecule has 0 radical (unpaired) electrons. The largest absolute Gasteiger partial charge is 0.371 e. The van der Waals surface area contributed by atoms with Crippen LogP contribution in [0, 0.1) is 6.92 Å². The van der Waals surface area contributed by atoms with E-state index in [9.17, 15) is 9.59 Å². The standard InChI is InChI=1S/C11H16IN3O2/c1-4-13-10-8(6-14-11(12)17)9(16)5-7(2)15(10)3/h5,13H,4,6H2,1-3H3,(H,14,17). The Labute approximate surface area is 114 Å². The quantitative estimate of drug-likeness (QED) is 0.495. The Bertz CT molecular complexity index is 482. The predicted octanol–water partition coefficient (Wildman–Crippen LogP) is 1.77. The molecule has 1 amide bonds. The molecule has 0 saturated carbocycles. The Hall–Kier alpha value is -1.05. The lowest BCUT2D eigenvalue weighted by Crippen LogP contribution is -2.25. The van der Waals surface area contributed by atoms with E-state index in [4.69, 9.17) is 0 Å². The van der Waals surface area contributed by atoms with Crippen molar-refractivity contribution in [3.05, 3.63) is 27.5 Å². The van der Waals surface area contributed by atoms with Gasteiger partial charge in [-0.15, -0.1) is 0 Å². The first-order valence-electron chi connectivity index (χ1n) is 5.34. The molecular formula is C11H16IN3O2. The third kappa shape index (κ3) is 3.45. The molecule has 1 heterocycles. The van der Waals surface area contributed by atoms with Crippen LogP contribution in [-0.2, 0) is 13.6 Å². The Morgan fingerprint density at radius 2 is 2.18 bits per heavy atom. The summed E-state index contributed by atoms with van der Waals surface area (Å²) in [6.45, 7) is 4.81. The Kier molecular flexibility index (Phi) is 4.98. The van der Waals surface area contributed by atoms with Crippen molar-refractivity contribution in [3.8, 4) is 0 Å². The molecule has 0 aromatic carbocycles. The van der Waals surface area contributed by atoms with Gasteiger partial charge in [-0.05, 0) is 13.8 Å². The van der Waals surface area contributed by atoms with Crippen molar-refractivity contribution >= 4 is 32.3 Å². The fourth-order valence-electron chi connectivity index (χ4n) is 1.59. The molecule has 0 unspecified atom stereocenters. The Morgan fingerprint density at radius 1 is 1.53 bits per heavy atom. The summed E-state index contributed by atoms with van der Waals surface area (Å²) in [6, 6.07) is 1.58. The lowest BCUT2D eigenvalue weighted by Gasteiger charge is -2.17. The number of hydrogen-bond acceptors (Lipinski definition) is 3. The molecule has 0 atom stereocenters. The molecule has 94 valence electrons. The number of carbonyl (C=O) groups is 1. The van der Waals surface area contributed by atoms with Crippen molar-refractivity contribution in [1.29, 1.82) is 0 Å². The summed E-state index contributed by atoms with van der Waals surface area (Å²) in [5.41, 5.74) is 1.42. The number of amides is 1. The second-order valence-electron chi connectivity index (χ2n) is 3.69. The molecule has 6 heteroatoms. The molecule has 0 aliphatic heterocycles. The maximum Gasteiger partial charge on any atom is 0.280 e. The zero-order valence-electron chi connectivity index (χ0n) is 10.1. The van der Waals surface area contributed by atoms with Gasteiger partial charge in [-0.25, -0.2) is 0 Å². The van der Waals surface area contributed by atoms with Gasteiger partial charge >= 0.3 is 0 Å². The fraction of sp³-hybridized carbons (Fsp3) is 0.455. The Morgan fingerprint density at radius 3 is 2.71 bits per heavy atom. The van der Waals surface area contributed by atoms with Gasteiger partial charge in [0.05, 0.1) is 12.1 Å². The average molecular weight is 349 g/mol. The number of aryl methyl sites for hydroxylation is 1. The van der Waals surface area contributed by atoms with Crippen LogP contribution in [0.4, 0.5) is 10.6 Å². The van der Waals surface area contributed by atoms with Crippen molar-refractivity contribution in [1.82, 2.24) is 9.88 Å². The molecule has 0 bridgehead atoms. The highest BCUT2D eigenvalue weighted by atomic mass is 127. The highest BCUT2D eigenvalue weighted by Gasteiger charge is 2.11. The van der Waals surface area contributed by atoms with Crippen molar-refractivity contribution in [3.63, 3.8) is 0 Å². The Balaban J connectivity index is 3.20. The summed E-state index contributed by atoms with van der Waals surface area (Å²) in [5.74, 6) is 0.766. The first kappa shape index (κ1) is 14.0. The summed E-state index contributed by atoms with van der Waals surface area (Å²) >= 11 is 1.65. The third-order valence-electron chi connectivity index (χ3n) is 2.54. The monoisotopic (exact) mass is 349 g/mol. The molecule has 0 aliphatic rings. The highest BCUT2D eigenvalue weighted by Crippen LogP contribution is 2.13. The number of pyridine rings is 1. The second kappa shape index (κ2) is 6.04. The van der Waals surface area contributed by atoms with Crippen LogP contribution in [0.5, 0.6) is 0 Å². The van der Waals surface area contributed by atoms with Gasteiger partial charge in [0.15, 0.2) is 5.43 Å². The minimum Gasteiger partial charge on any atom is -0.371 e. The number of carbonyl (C=O) groups excluding carboxylic acids is 1. The number of rotatable bonds is 4. The lowest BCUT2D eigenvalue weighted by atomic mass is 10.2. The zero-order chi connectivity index (χ0) is 13.0. The minimum atomic E-state index is -0.173. The van der Waals surface area contributed by atoms with Crippen molar-refractivity contribution < 1.29 is 4.79 Å². The summed E-state index contributed by atoms with van der Waals surface area (Å²) in [4.78, 5) is 22.8. The van der Waals surface area contributed by atoms with Gasteiger partial charge in [-0.1, -0.05) is 0 Å². The maximum atomic E-state index is 11.9. The number of anilines is 1. The number of aromatic nitrogens is 1. The normalized spacial score (nSPS) is 10.1. The van der Waals surface area contributed by atoms with E-state index in [1.165, 1.54) is 0 Å². The second-order valence-corrected chi connectivity index (χ2v) is 4.67. The van der Waals surface area contributed by atoms with Gasteiger partial charge in [0, 0.05) is 47.9 Å². The average Bonchev–Trinajstić information content (AvgIpc) is 2.24. The van der Waals surface area contributed by atoms with E-state index < -0.39 is 0 Å². The number of nitrogens with one attached hydrogen (secondary N) is 2. The van der Waals surface area contributed by atoms with Crippen LogP contribution >= 0.6 is 22.6 Å². The van der Waals surface area contributed by atoms with E-state index in [1.54, 1.807) is 28.7 Å². The topological polar surface area (TPSA) is 63.1 Å². The van der Waals surface area contributed by atoms with E-state index in [1.807, 2.05) is 25.5 Å². The minimum absolute atomic E-state index is 0.0540. The van der Waals surface area contributed by atoms with Crippen LogP contribution in [0.1, 0.15) is 18.2 Å². The van der Waals surface area contributed by atoms with Crippen molar-refractivity contribution in [2.45, 2.75) is 20.4 Å². The number of hydrogen-bond donors (Lipinski definition) is 2. The van der Waals surface area contributed by atoms with Crippen LogP contribution in [0.3, 0.4) is 0 Å². The molecule has 0 fully saturated rings. The van der Waals surface area contributed by atoms with Gasteiger partial charge in [-0.3, -0.25) is 9.59 Å². The maximum absolute atomic E-state index is 11.9. The first-order valence-corrected chi connectivity index (χ1v) is 6.42. The summed E-state index contributed by atoms with van der Waals surface area (Å²) < 4.78 is 1.74. The van der Waals surface area contributed by atoms with Crippen LogP contribution in [-0.4, -0.2) is 15.0 Å². The molecule has 0 aliphatic carbocycles. The molecule has 1 rings (SSSR count). The summed E-state index contributed by atoms with van der Waals surface area (Å²) in [7, 11) is 1.89. The van der Waals surface area contributed by atoms with Gasteiger partial charge in [-0.2, -0.15) is 0 Å². The van der Waals surface area contributed by atoms with Crippen molar-refractivity contribution in [2.75, 3.05) is 11.9 Å². The van der Waals surface area contributed by atoms with E-state index in [0.29, 0.717) is 5.56 Å². The zero-order valence-corrected chi connectivity index (χ0v) is 12.3. The van der Waals surface area contributed by atoms with E-state index in [0.717, 1.165) is 18.1 Å². The smallest absolute Gasteiger partial charge is 0.280 e. The van der Waals surface area contributed by atoms with E-state index in [-0.39, 0.29) is 15.9 Å². The number of nitrogens with zero attached hydrogens (tertiary/aromatic N) is 1. The summed E-state index contributed by atoms with van der Waals surface area (Å²) in [6.07, 6.45) is 0. The molecule has 0 saturated heterocycles. The molecule has 1 aromatic heterocycles. The van der Waals surface area contributed by atoms with Crippen LogP contribution in [0.2, 0.25) is 0 Å². The van der Waals surface area contributed by atoms with E-state index in [2.05, 4.69) is 10.6 Å². The predicted molar refractivity (Wildman–Crippen MR) is 76.8 cm³/mol. The SMILES string of the molecule is CCNc1c(CNC(=O)I)c(=O)cc(C)n1C. The van der Waals surface area contributed by atoms with Gasteiger partial charge in [0.2, 0.25) is 0 Å². The fourth-order valence-corrected chi connectivity index (χ4v) is 1.78. The molecular weight excluding hydrogens is 333 g/mol. The van der Waals surface area contributed by atoms with Crippen molar-refractivity contribution in [2.24, 2.45) is 7.05 Å². The van der Waals surface area contributed by atoms with Gasteiger partial charge in [0.25, 0.3) is 3.91 Å². The number of halogens is 1. The molecule has 0 spiro atoms. The lowest BCUT2D eigenvalue weighted by molar-refractivity contribution is 0.262. The third-order valence-corrected chi connectivity index (χ3v) is 2.92. The molecule has 5 nitrogen and oxygen atoms in total. The van der Waals surface area contributed by atoms with E-state index >= 15 is 0 Å². The van der Waals surface area contributed by atoms with Gasteiger partial charge in [0.1, 0.15) is 5.82 Å². The highest BCUT2D eigenvalue weighted by molar-refractivity contribution is 14.1. The molecule has 2 N–H and O–H groups in total. The van der Waals surface area contributed by atoms with Crippen LogP contribution in [0.25, 0.3) is 0 Å². The van der Waals surface area contributed by atoms with Crippen LogP contribution < -0.4 is 16.1 Å². The van der Waals surface area contributed by atoms with Crippen LogP contribution in [0.15, 0.2) is 10.9 Å². The first-order chi connectivity index (χ1) is 7.97. The van der Waals surface area contributed by atoms with Gasteiger partial charge < -0.3 is 15.2 Å². The molecule has 1 aromatic rings. The summed E-state index contributed by atoms with van der Waals surface area (Å²) in [5, 5.41) is 5.80. The molecule has 17 heavy (non-hydrogen) atoms.